The highest BCUT2D eigenvalue weighted by Crippen LogP contribution is 2.49. The number of aryl methyl sites for hydroxylation is 1. The second-order valence-electron chi connectivity index (χ2n) is 6.11. The second-order valence-corrected chi connectivity index (χ2v) is 6.11. The molecule has 2 aliphatic rings. The molecule has 1 aromatic rings. The van der Waals surface area contributed by atoms with Gasteiger partial charge in [0, 0.05) is 6.42 Å². The van der Waals surface area contributed by atoms with Crippen molar-refractivity contribution in [3.63, 3.8) is 0 Å². The first-order chi connectivity index (χ1) is 9.11. The van der Waals surface area contributed by atoms with Crippen LogP contribution in [0.1, 0.15) is 37.7 Å². The average Bonchev–Trinajstić information content (AvgIpc) is 2.96. The molecule has 2 aliphatic carbocycles. The lowest BCUT2D eigenvalue weighted by molar-refractivity contribution is -0.117. The number of carbonyl (C=O) groups excluding carboxylic acids is 1. The van der Waals surface area contributed by atoms with Gasteiger partial charge in [0.2, 0.25) is 5.91 Å². The Kier molecular flexibility index (Phi) is 3.17. The Morgan fingerprint density at radius 2 is 2.32 bits per heavy atom. The molecule has 102 valence electrons. The van der Waals surface area contributed by atoms with Gasteiger partial charge in [-0.05, 0) is 55.6 Å². The van der Waals surface area contributed by atoms with Crippen LogP contribution in [0.3, 0.4) is 0 Å². The zero-order valence-corrected chi connectivity index (χ0v) is 11.4. The molecule has 0 aliphatic heterocycles. The Morgan fingerprint density at radius 3 is 2.95 bits per heavy atom. The maximum atomic E-state index is 12.1. The molecular formula is C15H21N3O. The lowest BCUT2D eigenvalue weighted by atomic mass is 9.86. The van der Waals surface area contributed by atoms with Crippen molar-refractivity contribution in [1.29, 1.82) is 0 Å². The first-order valence-corrected chi connectivity index (χ1v) is 7.14. The van der Waals surface area contributed by atoms with E-state index in [4.69, 9.17) is 5.73 Å². The molecule has 2 saturated carbocycles. The first-order valence-electron chi connectivity index (χ1n) is 7.14. The van der Waals surface area contributed by atoms with Gasteiger partial charge in [-0.3, -0.25) is 4.79 Å². The summed E-state index contributed by atoms with van der Waals surface area (Å²) >= 11 is 0. The monoisotopic (exact) mass is 259 g/mol. The summed E-state index contributed by atoms with van der Waals surface area (Å²) in [7, 11) is 0. The maximum absolute atomic E-state index is 12.1. The van der Waals surface area contributed by atoms with Crippen LogP contribution in [0, 0.1) is 24.7 Å². The summed E-state index contributed by atoms with van der Waals surface area (Å²) in [6.07, 6.45) is 7.53. The minimum Gasteiger partial charge on any atom is -0.397 e. The van der Waals surface area contributed by atoms with E-state index in [-0.39, 0.29) is 5.91 Å². The fourth-order valence-corrected chi connectivity index (χ4v) is 3.69. The lowest BCUT2D eigenvalue weighted by Crippen LogP contribution is -2.20. The van der Waals surface area contributed by atoms with E-state index in [2.05, 4.69) is 10.3 Å². The molecule has 1 amide bonds. The van der Waals surface area contributed by atoms with Crippen LogP contribution in [-0.2, 0) is 4.79 Å². The number of hydrogen-bond acceptors (Lipinski definition) is 3. The third-order valence-electron chi connectivity index (χ3n) is 4.75. The molecule has 4 heteroatoms. The van der Waals surface area contributed by atoms with Gasteiger partial charge in [0.1, 0.15) is 5.82 Å². The van der Waals surface area contributed by atoms with Crippen molar-refractivity contribution in [2.75, 3.05) is 11.1 Å². The van der Waals surface area contributed by atoms with Crippen LogP contribution in [0.25, 0.3) is 0 Å². The van der Waals surface area contributed by atoms with Crippen molar-refractivity contribution in [2.45, 2.75) is 39.0 Å². The van der Waals surface area contributed by atoms with E-state index < -0.39 is 0 Å². The number of amides is 1. The maximum Gasteiger partial charge on any atom is 0.225 e. The van der Waals surface area contributed by atoms with Crippen molar-refractivity contribution in [3.8, 4) is 0 Å². The van der Waals surface area contributed by atoms with Gasteiger partial charge in [0.05, 0.1) is 11.9 Å². The van der Waals surface area contributed by atoms with Gasteiger partial charge in [-0.2, -0.15) is 0 Å². The second kappa shape index (κ2) is 4.83. The molecule has 3 rings (SSSR count). The predicted octanol–water partition coefficient (Wildman–Crippen LogP) is 2.74. The van der Waals surface area contributed by atoms with Gasteiger partial charge in [-0.15, -0.1) is 0 Å². The van der Waals surface area contributed by atoms with Crippen LogP contribution in [0.4, 0.5) is 11.5 Å². The van der Waals surface area contributed by atoms with E-state index in [1.807, 2.05) is 13.0 Å². The van der Waals surface area contributed by atoms with Crippen molar-refractivity contribution >= 4 is 17.4 Å². The summed E-state index contributed by atoms with van der Waals surface area (Å²) in [5.41, 5.74) is 7.33. The van der Waals surface area contributed by atoms with Crippen LogP contribution in [0.15, 0.2) is 12.3 Å². The molecule has 0 aromatic carbocycles. The van der Waals surface area contributed by atoms with Crippen molar-refractivity contribution in [2.24, 2.45) is 17.8 Å². The van der Waals surface area contributed by atoms with Crippen LogP contribution < -0.4 is 11.1 Å². The first kappa shape index (κ1) is 12.5. The number of anilines is 2. The van der Waals surface area contributed by atoms with Gasteiger partial charge < -0.3 is 11.1 Å². The van der Waals surface area contributed by atoms with Crippen molar-refractivity contribution in [3.05, 3.63) is 17.8 Å². The molecule has 3 atom stereocenters. The Bertz CT molecular complexity index is 500. The topological polar surface area (TPSA) is 68.0 Å². The highest BCUT2D eigenvalue weighted by atomic mass is 16.1. The smallest absolute Gasteiger partial charge is 0.225 e. The van der Waals surface area contributed by atoms with E-state index >= 15 is 0 Å². The minimum absolute atomic E-state index is 0.0919. The highest BCUT2D eigenvalue weighted by Gasteiger charge is 2.40. The van der Waals surface area contributed by atoms with Crippen LogP contribution in [0.2, 0.25) is 0 Å². The van der Waals surface area contributed by atoms with E-state index in [9.17, 15) is 4.79 Å². The molecule has 0 spiro atoms. The number of carbonyl (C=O) groups is 1. The zero-order valence-electron chi connectivity index (χ0n) is 11.4. The third kappa shape index (κ3) is 2.57. The summed E-state index contributed by atoms with van der Waals surface area (Å²) in [4.78, 5) is 16.2. The van der Waals surface area contributed by atoms with Crippen LogP contribution >= 0.6 is 0 Å². The van der Waals surface area contributed by atoms with Crippen LogP contribution in [-0.4, -0.2) is 10.9 Å². The number of nitrogen functional groups attached to an aromatic ring is 1. The highest BCUT2D eigenvalue weighted by molar-refractivity contribution is 5.90. The number of fused-ring (bicyclic) bond motifs is 2. The number of nitrogens with two attached hydrogens (primary N) is 1. The molecule has 0 radical (unpaired) electrons. The molecule has 1 aromatic heterocycles. The van der Waals surface area contributed by atoms with Gasteiger partial charge in [-0.25, -0.2) is 4.98 Å². The van der Waals surface area contributed by atoms with E-state index in [1.165, 1.54) is 25.7 Å². The molecule has 3 N–H and O–H groups in total. The largest absolute Gasteiger partial charge is 0.397 e. The summed E-state index contributed by atoms with van der Waals surface area (Å²) in [6.45, 7) is 1.92. The van der Waals surface area contributed by atoms with Gasteiger partial charge in [0.15, 0.2) is 0 Å². The Balaban J connectivity index is 1.57. The molecule has 2 bridgehead atoms. The molecule has 19 heavy (non-hydrogen) atoms. The predicted molar refractivity (Wildman–Crippen MR) is 75.6 cm³/mol. The molecule has 4 nitrogen and oxygen atoms in total. The molecule has 2 fully saturated rings. The Labute approximate surface area is 113 Å². The standard InChI is InChI=1S/C15H21N3O/c1-9-4-14(17-8-13(9)16)18-15(19)7-12-6-10-2-3-11(12)5-10/h4,8,10-12H,2-3,5-7,16H2,1H3,(H,17,18,19). The number of hydrogen-bond donors (Lipinski definition) is 2. The van der Waals surface area contributed by atoms with Gasteiger partial charge in [0.25, 0.3) is 0 Å². The van der Waals surface area contributed by atoms with E-state index in [0.717, 1.165) is 17.4 Å². The molecule has 1 heterocycles. The van der Waals surface area contributed by atoms with Crippen LogP contribution in [0.5, 0.6) is 0 Å². The average molecular weight is 259 g/mol. The quantitative estimate of drug-likeness (QED) is 0.877. The van der Waals surface area contributed by atoms with Gasteiger partial charge in [-0.1, -0.05) is 6.42 Å². The number of rotatable bonds is 3. The van der Waals surface area contributed by atoms with E-state index in [0.29, 0.717) is 23.8 Å². The fraction of sp³-hybridized carbons (Fsp3) is 0.600. The minimum atomic E-state index is 0.0919. The summed E-state index contributed by atoms with van der Waals surface area (Å²) < 4.78 is 0. The molecular weight excluding hydrogens is 238 g/mol. The number of nitrogens with one attached hydrogen (secondary N) is 1. The number of aromatic nitrogens is 1. The lowest BCUT2D eigenvalue weighted by Gasteiger charge is -2.20. The molecule has 0 saturated heterocycles. The normalized spacial score (nSPS) is 28.6. The summed E-state index contributed by atoms with van der Waals surface area (Å²) in [5.74, 6) is 2.97. The summed E-state index contributed by atoms with van der Waals surface area (Å²) in [5, 5.41) is 2.89. The van der Waals surface area contributed by atoms with Crippen molar-refractivity contribution in [1.82, 2.24) is 4.98 Å². The fourth-order valence-electron chi connectivity index (χ4n) is 3.69. The van der Waals surface area contributed by atoms with Gasteiger partial charge >= 0.3 is 0 Å². The number of pyridine rings is 1. The molecule has 3 unspecified atom stereocenters. The SMILES string of the molecule is Cc1cc(NC(=O)CC2CC3CCC2C3)ncc1N. The third-order valence-corrected chi connectivity index (χ3v) is 4.75. The number of nitrogens with zero attached hydrogens (tertiary/aromatic N) is 1. The summed E-state index contributed by atoms with van der Waals surface area (Å²) in [6, 6.07) is 1.83. The van der Waals surface area contributed by atoms with E-state index in [1.54, 1.807) is 6.20 Å². The Hall–Kier alpha value is -1.58. The zero-order chi connectivity index (χ0) is 13.4. The Morgan fingerprint density at radius 1 is 1.47 bits per heavy atom. The van der Waals surface area contributed by atoms with Crippen molar-refractivity contribution < 1.29 is 4.79 Å².